The topological polar surface area (TPSA) is 52.7 Å². The summed E-state index contributed by atoms with van der Waals surface area (Å²) in [5.74, 6) is -0.408. The SMILES string of the molecule is CC(=O)N(CC(=O)Nc1ccccc1)c1ccc(N(C)C)cc1. The average molecular weight is 311 g/mol. The third-order valence-corrected chi connectivity index (χ3v) is 3.42. The van der Waals surface area contributed by atoms with Gasteiger partial charge in [-0.05, 0) is 36.4 Å². The first-order valence-corrected chi connectivity index (χ1v) is 7.38. The number of carbonyl (C=O) groups is 2. The number of nitrogens with zero attached hydrogens (tertiary/aromatic N) is 2. The van der Waals surface area contributed by atoms with Crippen molar-refractivity contribution >= 4 is 28.9 Å². The fourth-order valence-electron chi connectivity index (χ4n) is 2.18. The number of benzene rings is 2. The minimum Gasteiger partial charge on any atom is -0.378 e. The van der Waals surface area contributed by atoms with Crippen LogP contribution in [0, 0.1) is 0 Å². The van der Waals surface area contributed by atoms with E-state index in [-0.39, 0.29) is 18.4 Å². The van der Waals surface area contributed by atoms with Gasteiger partial charge in [-0.3, -0.25) is 9.59 Å². The second-order valence-corrected chi connectivity index (χ2v) is 5.43. The molecule has 2 rings (SSSR count). The van der Waals surface area contributed by atoms with E-state index in [0.29, 0.717) is 11.4 Å². The zero-order valence-corrected chi connectivity index (χ0v) is 13.6. The van der Waals surface area contributed by atoms with Gasteiger partial charge in [0.2, 0.25) is 11.8 Å². The van der Waals surface area contributed by atoms with Crippen LogP contribution in [0.1, 0.15) is 6.92 Å². The van der Waals surface area contributed by atoms with Gasteiger partial charge in [0.1, 0.15) is 6.54 Å². The molecule has 1 N–H and O–H groups in total. The summed E-state index contributed by atoms with van der Waals surface area (Å²) >= 11 is 0. The first-order valence-electron chi connectivity index (χ1n) is 7.38. The number of para-hydroxylation sites is 1. The van der Waals surface area contributed by atoms with Crippen LogP contribution in [0.5, 0.6) is 0 Å². The summed E-state index contributed by atoms with van der Waals surface area (Å²) in [5, 5.41) is 2.79. The number of anilines is 3. The molecule has 5 heteroatoms. The van der Waals surface area contributed by atoms with Crippen LogP contribution < -0.4 is 15.1 Å². The Balaban J connectivity index is 2.09. The lowest BCUT2D eigenvalue weighted by molar-refractivity contribution is -0.120. The predicted octanol–water partition coefficient (Wildman–Crippen LogP) is 2.74. The van der Waals surface area contributed by atoms with Gasteiger partial charge >= 0.3 is 0 Å². The zero-order valence-electron chi connectivity index (χ0n) is 13.6. The van der Waals surface area contributed by atoms with Crippen molar-refractivity contribution < 1.29 is 9.59 Å². The molecule has 5 nitrogen and oxygen atoms in total. The summed E-state index contributed by atoms with van der Waals surface area (Å²) in [6.07, 6.45) is 0. The molecule has 0 fully saturated rings. The van der Waals surface area contributed by atoms with Crippen LogP contribution in [0.15, 0.2) is 54.6 Å². The summed E-state index contributed by atoms with van der Waals surface area (Å²) < 4.78 is 0. The molecule has 2 aromatic rings. The van der Waals surface area contributed by atoms with Crippen molar-refractivity contribution in [1.82, 2.24) is 0 Å². The minimum absolute atomic E-state index is 0.0223. The number of nitrogens with one attached hydrogen (secondary N) is 1. The van der Waals surface area contributed by atoms with Gasteiger partial charge in [0, 0.05) is 38.1 Å². The van der Waals surface area contributed by atoms with Crippen LogP contribution in [0.25, 0.3) is 0 Å². The highest BCUT2D eigenvalue weighted by Crippen LogP contribution is 2.19. The third-order valence-electron chi connectivity index (χ3n) is 3.42. The van der Waals surface area contributed by atoms with Gasteiger partial charge in [-0.25, -0.2) is 0 Å². The number of carbonyl (C=O) groups excluding carboxylic acids is 2. The van der Waals surface area contributed by atoms with Crippen molar-refractivity contribution in [3.05, 3.63) is 54.6 Å². The molecule has 0 saturated carbocycles. The maximum absolute atomic E-state index is 12.2. The molecule has 2 amide bonds. The smallest absolute Gasteiger partial charge is 0.244 e. The van der Waals surface area contributed by atoms with E-state index in [1.165, 1.54) is 11.8 Å². The Kier molecular flexibility index (Phi) is 5.36. The second-order valence-electron chi connectivity index (χ2n) is 5.43. The maximum Gasteiger partial charge on any atom is 0.244 e. The van der Waals surface area contributed by atoms with Gasteiger partial charge in [0.25, 0.3) is 0 Å². The molecule has 2 aromatic carbocycles. The molecule has 0 bridgehead atoms. The zero-order chi connectivity index (χ0) is 16.8. The molecule has 0 spiro atoms. The summed E-state index contributed by atoms with van der Waals surface area (Å²) in [6.45, 7) is 1.43. The molecule has 0 saturated heterocycles. The maximum atomic E-state index is 12.2. The van der Waals surface area contributed by atoms with Crippen molar-refractivity contribution in [2.45, 2.75) is 6.92 Å². The van der Waals surface area contributed by atoms with E-state index in [2.05, 4.69) is 5.32 Å². The van der Waals surface area contributed by atoms with E-state index >= 15 is 0 Å². The van der Waals surface area contributed by atoms with Crippen LogP contribution in [-0.4, -0.2) is 32.5 Å². The number of amides is 2. The largest absolute Gasteiger partial charge is 0.378 e. The standard InChI is InChI=1S/C18H21N3O2/c1-14(22)21(17-11-9-16(10-12-17)20(2)3)13-18(23)19-15-7-5-4-6-8-15/h4-12H,13H2,1-3H3,(H,19,23). The Labute approximate surface area is 136 Å². The quantitative estimate of drug-likeness (QED) is 0.924. The highest BCUT2D eigenvalue weighted by atomic mass is 16.2. The second kappa shape index (κ2) is 7.45. The summed E-state index contributed by atoms with van der Waals surface area (Å²) in [7, 11) is 3.90. The van der Waals surface area contributed by atoms with Gasteiger partial charge in [0.05, 0.1) is 0 Å². The highest BCUT2D eigenvalue weighted by molar-refractivity contribution is 6.01. The van der Waals surface area contributed by atoms with Crippen molar-refractivity contribution in [2.75, 3.05) is 35.8 Å². The highest BCUT2D eigenvalue weighted by Gasteiger charge is 2.16. The van der Waals surface area contributed by atoms with Gasteiger partial charge in [-0.2, -0.15) is 0 Å². The van der Waals surface area contributed by atoms with E-state index in [1.807, 2.05) is 73.6 Å². The number of rotatable bonds is 5. The van der Waals surface area contributed by atoms with E-state index in [9.17, 15) is 9.59 Å². The van der Waals surface area contributed by atoms with E-state index < -0.39 is 0 Å². The van der Waals surface area contributed by atoms with E-state index in [0.717, 1.165) is 5.69 Å². The van der Waals surface area contributed by atoms with Crippen molar-refractivity contribution in [2.24, 2.45) is 0 Å². The summed E-state index contributed by atoms with van der Waals surface area (Å²) in [4.78, 5) is 27.5. The molecule has 0 radical (unpaired) electrons. The first-order chi connectivity index (χ1) is 11.0. The molecule has 0 aliphatic heterocycles. The third kappa shape index (κ3) is 4.57. The molecular formula is C18H21N3O2. The van der Waals surface area contributed by atoms with Crippen molar-refractivity contribution in [3.63, 3.8) is 0 Å². The predicted molar refractivity (Wildman–Crippen MR) is 93.9 cm³/mol. The fraction of sp³-hybridized carbons (Fsp3) is 0.222. The summed E-state index contributed by atoms with van der Waals surface area (Å²) in [5.41, 5.74) is 2.45. The Morgan fingerprint density at radius 1 is 0.913 bits per heavy atom. The molecule has 0 aromatic heterocycles. The average Bonchev–Trinajstić information content (AvgIpc) is 2.53. The van der Waals surface area contributed by atoms with E-state index in [4.69, 9.17) is 0 Å². The van der Waals surface area contributed by atoms with Crippen molar-refractivity contribution in [1.29, 1.82) is 0 Å². The van der Waals surface area contributed by atoms with E-state index in [1.54, 1.807) is 0 Å². The molecule has 0 aliphatic rings. The molecule has 0 unspecified atom stereocenters. The normalized spacial score (nSPS) is 10.0. The lowest BCUT2D eigenvalue weighted by atomic mass is 10.2. The molecule has 0 aliphatic carbocycles. The number of hydrogen-bond acceptors (Lipinski definition) is 3. The Hall–Kier alpha value is -2.82. The Bertz CT molecular complexity index is 666. The van der Waals surface area contributed by atoms with Gasteiger partial charge in [0.15, 0.2) is 0 Å². The van der Waals surface area contributed by atoms with Crippen LogP contribution in [-0.2, 0) is 9.59 Å². The molecular weight excluding hydrogens is 290 g/mol. The Morgan fingerprint density at radius 2 is 1.48 bits per heavy atom. The van der Waals surface area contributed by atoms with Crippen molar-refractivity contribution in [3.8, 4) is 0 Å². The summed E-state index contributed by atoms with van der Waals surface area (Å²) in [6, 6.07) is 16.7. The fourth-order valence-corrected chi connectivity index (χ4v) is 2.18. The molecule has 120 valence electrons. The van der Waals surface area contributed by atoms with Crippen LogP contribution >= 0.6 is 0 Å². The van der Waals surface area contributed by atoms with Crippen LogP contribution in [0.2, 0.25) is 0 Å². The van der Waals surface area contributed by atoms with Crippen LogP contribution in [0.4, 0.5) is 17.1 Å². The first kappa shape index (κ1) is 16.5. The Morgan fingerprint density at radius 3 is 2.00 bits per heavy atom. The van der Waals surface area contributed by atoms with Gasteiger partial charge in [-0.1, -0.05) is 18.2 Å². The lowest BCUT2D eigenvalue weighted by Crippen LogP contribution is -2.36. The van der Waals surface area contributed by atoms with Gasteiger partial charge in [-0.15, -0.1) is 0 Å². The van der Waals surface area contributed by atoms with Gasteiger partial charge < -0.3 is 15.1 Å². The molecule has 0 atom stereocenters. The number of hydrogen-bond donors (Lipinski definition) is 1. The minimum atomic E-state index is -0.233. The molecule has 23 heavy (non-hydrogen) atoms. The van der Waals surface area contributed by atoms with Crippen LogP contribution in [0.3, 0.4) is 0 Å². The lowest BCUT2D eigenvalue weighted by Gasteiger charge is -2.22. The monoisotopic (exact) mass is 311 g/mol. The molecule has 0 heterocycles.